The summed E-state index contributed by atoms with van der Waals surface area (Å²) in [5.41, 5.74) is 1.88. The van der Waals surface area contributed by atoms with Crippen molar-refractivity contribution in [3.63, 3.8) is 0 Å². The molecule has 2 amide bonds. The molecule has 0 spiro atoms. The summed E-state index contributed by atoms with van der Waals surface area (Å²) in [4.78, 5) is 27.6. The Kier molecular flexibility index (Phi) is 10.7. The first-order valence-corrected chi connectivity index (χ1v) is 12.4. The number of nitrogens with one attached hydrogen (secondary N) is 1. The molecule has 1 N–H and O–H groups in total. The molecular weight excluding hydrogens is 467 g/mol. The fourth-order valence-corrected chi connectivity index (χ4v) is 4.16. The summed E-state index contributed by atoms with van der Waals surface area (Å²) in [7, 11) is 1.60. The third-order valence-corrected chi connectivity index (χ3v) is 6.86. The highest BCUT2D eigenvalue weighted by molar-refractivity contribution is 7.99. The van der Waals surface area contributed by atoms with Crippen LogP contribution in [0.1, 0.15) is 38.3 Å². The molecule has 0 aliphatic carbocycles. The lowest BCUT2D eigenvalue weighted by atomic mass is 10.1. The van der Waals surface area contributed by atoms with Gasteiger partial charge in [-0.25, -0.2) is 0 Å². The third-order valence-electron chi connectivity index (χ3n) is 5.13. The van der Waals surface area contributed by atoms with E-state index >= 15 is 0 Å². The maximum absolute atomic E-state index is 13.2. The van der Waals surface area contributed by atoms with E-state index in [0.717, 1.165) is 17.5 Å². The normalized spacial score (nSPS) is 12.7. The number of ether oxygens (including phenoxy) is 1. The summed E-state index contributed by atoms with van der Waals surface area (Å²) in [5, 5.41) is 3.97. The van der Waals surface area contributed by atoms with Gasteiger partial charge in [-0.2, -0.15) is 0 Å². The Morgan fingerprint density at radius 3 is 2.50 bits per heavy atom. The molecule has 0 saturated carbocycles. The van der Waals surface area contributed by atoms with E-state index < -0.39 is 6.04 Å². The second kappa shape index (κ2) is 13.0. The first-order chi connectivity index (χ1) is 15.2. The van der Waals surface area contributed by atoms with Crippen LogP contribution in [0.2, 0.25) is 10.0 Å². The minimum absolute atomic E-state index is 0.0442. The molecule has 32 heavy (non-hydrogen) atoms. The number of hydrogen-bond acceptors (Lipinski definition) is 4. The van der Waals surface area contributed by atoms with Crippen LogP contribution in [0.4, 0.5) is 0 Å². The van der Waals surface area contributed by atoms with Crippen LogP contribution in [0.3, 0.4) is 0 Å². The van der Waals surface area contributed by atoms with Crippen LogP contribution in [-0.2, 0) is 21.9 Å². The number of methoxy groups -OCH3 is 1. The molecule has 2 aromatic rings. The Balaban J connectivity index is 2.11. The number of carbonyl (C=O) groups is 2. The van der Waals surface area contributed by atoms with Crippen molar-refractivity contribution in [2.75, 3.05) is 12.9 Å². The average molecular weight is 497 g/mol. The first-order valence-electron chi connectivity index (χ1n) is 10.5. The molecule has 0 bridgehead atoms. The molecule has 174 valence electrons. The highest BCUT2D eigenvalue weighted by Crippen LogP contribution is 2.25. The summed E-state index contributed by atoms with van der Waals surface area (Å²) in [5.74, 6) is 1.30. The molecule has 8 heteroatoms. The molecule has 2 rings (SSSR count). The van der Waals surface area contributed by atoms with Crippen molar-refractivity contribution in [3.8, 4) is 5.75 Å². The summed E-state index contributed by atoms with van der Waals surface area (Å²) in [6.07, 6.45) is 0.821. The van der Waals surface area contributed by atoms with E-state index in [4.69, 9.17) is 27.9 Å². The number of halogens is 2. The van der Waals surface area contributed by atoms with Gasteiger partial charge in [-0.3, -0.25) is 9.59 Å². The molecule has 0 heterocycles. The molecule has 0 aromatic heterocycles. The van der Waals surface area contributed by atoms with Crippen LogP contribution in [0.25, 0.3) is 0 Å². The SMILES string of the molecule is CCC(C)NC(=O)C(C)N(Cc1cccc(OC)c1)C(=O)CSCc1ccc(Cl)c(Cl)c1. The van der Waals surface area contributed by atoms with E-state index in [0.29, 0.717) is 28.1 Å². The molecule has 2 aromatic carbocycles. The second-order valence-corrected chi connectivity index (χ2v) is 9.41. The van der Waals surface area contributed by atoms with E-state index in [9.17, 15) is 9.59 Å². The van der Waals surface area contributed by atoms with Gasteiger partial charge in [-0.05, 0) is 55.7 Å². The standard InChI is InChI=1S/C24H30Cl2N2O3S/c1-5-16(2)27-24(30)17(3)28(13-18-7-6-8-20(11-18)31-4)23(29)15-32-14-19-9-10-21(25)22(26)12-19/h6-12,16-17H,5,13-15H2,1-4H3,(H,27,30). The van der Waals surface area contributed by atoms with E-state index in [2.05, 4.69) is 5.32 Å². The maximum atomic E-state index is 13.2. The largest absolute Gasteiger partial charge is 0.497 e. The molecule has 5 nitrogen and oxygen atoms in total. The summed E-state index contributed by atoms with van der Waals surface area (Å²) >= 11 is 13.5. The van der Waals surface area contributed by atoms with Crippen molar-refractivity contribution in [1.82, 2.24) is 10.2 Å². The van der Waals surface area contributed by atoms with Gasteiger partial charge in [0.05, 0.1) is 22.9 Å². The van der Waals surface area contributed by atoms with Crippen molar-refractivity contribution in [2.24, 2.45) is 0 Å². The number of hydrogen-bond donors (Lipinski definition) is 1. The summed E-state index contributed by atoms with van der Waals surface area (Å²) in [6, 6.07) is 12.4. The van der Waals surface area contributed by atoms with Crippen LogP contribution < -0.4 is 10.1 Å². The average Bonchev–Trinajstić information content (AvgIpc) is 2.79. The Morgan fingerprint density at radius 2 is 1.84 bits per heavy atom. The molecule has 0 aliphatic heterocycles. The zero-order valence-corrected chi connectivity index (χ0v) is 21.2. The Bertz CT molecular complexity index is 926. The molecule has 0 aliphatic rings. The summed E-state index contributed by atoms with van der Waals surface area (Å²) in [6.45, 7) is 6.04. The highest BCUT2D eigenvalue weighted by Gasteiger charge is 2.26. The van der Waals surface area contributed by atoms with Gasteiger partial charge < -0.3 is 15.0 Å². The lowest BCUT2D eigenvalue weighted by Gasteiger charge is -2.29. The Morgan fingerprint density at radius 1 is 1.09 bits per heavy atom. The quantitative estimate of drug-likeness (QED) is 0.441. The smallest absolute Gasteiger partial charge is 0.242 e. The number of benzene rings is 2. The molecule has 2 atom stereocenters. The molecule has 0 fully saturated rings. The lowest BCUT2D eigenvalue weighted by molar-refractivity contribution is -0.138. The molecule has 0 saturated heterocycles. The number of thioether (sulfide) groups is 1. The van der Waals surface area contributed by atoms with Crippen LogP contribution in [0, 0.1) is 0 Å². The van der Waals surface area contributed by atoms with Gasteiger partial charge in [0.15, 0.2) is 0 Å². The zero-order chi connectivity index (χ0) is 23.7. The number of nitrogens with zero attached hydrogens (tertiary/aromatic N) is 1. The Labute approximate surface area is 204 Å². The first kappa shape index (κ1) is 26.4. The van der Waals surface area contributed by atoms with Crippen LogP contribution in [0.5, 0.6) is 5.75 Å². The van der Waals surface area contributed by atoms with E-state index in [1.807, 2.05) is 44.2 Å². The lowest BCUT2D eigenvalue weighted by Crippen LogP contribution is -2.50. The highest BCUT2D eigenvalue weighted by atomic mass is 35.5. The van der Waals surface area contributed by atoms with Crippen molar-refractivity contribution in [2.45, 2.75) is 51.6 Å². The van der Waals surface area contributed by atoms with Gasteiger partial charge in [-0.15, -0.1) is 11.8 Å². The van der Waals surface area contributed by atoms with Crippen molar-refractivity contribution in [3.05, 3.63) is 63.6 Å². The van der Waals surface area contributed by atoms with Crippen LogP contribution in [-0.4, -0.2) is 41.7 Å². The van der Waals surface area contributed by atoms with Gasteiger partial charge in [0.1, 0.15) is 11.8 Å². The van der Waals surface area contributed by atoms with E-state index in [-0.39, 0.29) is 23.6 Å². The minimum atomic E-state index is -0.603. The van der Waals surface area contributed by atoms with Crippen LogP contribution >= 0.6 is 35.0 Å². The van der Waals surface area contributed by atoms with Gasteiger partial charge in [0, 0.05) is 18.3 Å². The van der Waals surface area contributed by atoms with Gasteiger partial charge >= 0.3 is 0 Å². The topological polar surface area (TPSA) is 58.6 Å². The van der Waals surface area contributed by atoms with Crippen LogP contribution in [0.15, 0.2) is 42.5 Å². The van der Waals surface area contributed by atoms with Gasteiger partial charge in [0.2, 0.25) is 11.8 Å². The Hall–Kier alpha value is -1.89. The summed E-state index contributed by atoms with van der Waals surface area (Å²) < 4.78 is 5.30. The van der Waals surface area contributed by atoms with Crippen molar-refractivity contribution >= 4 is 46.8 Å². The molecule has 0 radical (unpaired) electrons. The molecule has 2 unspecified atom stereocenters. The molecular formula is C24H30Cl2N2O3S. The second-order valence-electron chi connectivity index (χ2n) is 7.61. The monoisotopic (exact) mass is 496 g/mol. The fraction of sp³-hybridized carbons (Fsp3) is 0.417. The maximum Gasteiger partial charge on any atom is 0.242 e. The number of amides is 2. The fourth-order valence-electron chi connectivity index (χ4n) is 2.98. The van der Waals surface area contributed by atoms with E-state index in [1.54, 1.807) is 31.1 Å². The van der Waals surface area contributed by atoms with Crippen molar-refractivity contribution in [1.29, 1.82) is 0 Å². The van der Waals surface area contributed by atoms with E-state index in [1.165, 1.54) is 11.8 Å². The third kappa shape index (κ3) is 7.91. The number of carbonyl (C=O) groups excluding carboxylic acids is 2. The van der Waals surface area contributed by atoms with Crippen molar-refractivity contribution < 1.29 is 14.3 Å². The predicted octanol–water partition coefficient (Wildman–Crippen LogP) is 5.57. The van der Waals surface area contributed by atoms with Gasteiger partial charge in [-0.1, -0.05) is 48.3 Å². The minimum Gasteiger partial charge on any atom is -0.497 e. The number of rotatable bonds is 11. The zero-order valence-electron chi connectivity index (χ0n) is 18.9. The van der Waals surface area contributed by atoms with Gasteiger partial charge in [0.25, 0.3) is 0 Å². The predicted molar refractivity (Wildman–Crippen MR) is 134 cm³/mol.